The average Bonchev–Trinajstić information content (AvgIpc) is 2.62. The summed E-state index contributed by atoms with van der Waals surface area (Å²) in [5.41, 5.74) is 2.71. The van der Waals surface area contributed by atoms with Gasteiger partial charge in [0.05, 0.1) is 16.8 Å². The van der Waals surface area contributed by atoms with Crippen LogP contribution in [0.1, 0.15) is 16.8 Å². The third-order valence-corrected chi connectivity index (χ3v) is 4.35. The predicted molar refractivity (Wildman–Crippen MR) is 93.5 cm³/mol. The maximum Gasteiger partial charge on any atom is 0.255 e. The molecule has 1 aromatic carbocycles. The minimum Gasteiger partial charge on any atom is -0.508 e. The third-order valence-electron chi connectivity index (χ3n) is 4.35. The van der Waals surface area contributed by atoms with E-state index in [1.807, 2.05) is 0 Å². The van der Waals surface area contributed by atoms with Crippen LogP contribution in [0, 0.1) is 0 Å². The molecule has 8 nitrogen and oxygen atoms in total. The summed E-state index contributed by atoms with van der Waals surface area (Å²) < 4.78 is 0. The fourth-order valence-corrected chi connectivity index (χ4v) is 3.18. The van der Waals surface area contributed by atoms with Crippen LogP contribution in [0.15, 0.2) is 41.7 Å². The van der Waals surface area contributed by atoms with Crippen LogP contribution in [0.2, 0.25) is 0 Å². The van der Waals surface area contributed by atoms with Crippen molar-refractivity contribution in [3.63, 3.8) is 0 Å². The highest BCUT2D eigenvalue weighted by Crippen LogP contribution is 2.24. The van der Waals surface area contributed by atoms with Crippen molar-refractivity contribution in [3.8, 4) is 22.9 Å². The Labute approximate surface area is 148 Å². The van der Waals surface area contributed by atoms with Crippen molar-refractivity contribution in [1.82, 2.24) is 24.8 Å². The number of aromatic nitrogens is 4. The van der Waals surface area contributed by atoms with E-state index < -0.39 is 0 Å². The Morgan fingerprint density at radius 2 is 1.85 bits per heavy atom. The molecule has 0 fully saturated rings. The Kier molecular flexibility index (Phi) is 4.10. The van der Waals surface area contributed by atoms with E-state index in [2.05, 4.69) is 24.8 Å². The average molecular weight is 351 g/mol. The number of rotatable bonds is 3. The summed E-state index contributed by atoms with van der Waals surface area (Å²) in [6, 6.07) is 4.50. The first-order valence-corrected chi connectivity index (χ1v) is 8.20. The SMILES string of the molecule is O=c1[nH]c(-c2cncnc2)nc2c1CN(Cc1cc(O)cc(O)c1)CC2. The molecule has 1 aliphatic heterocycles. The first-order valence-electron chi connectivity index (χ1n) is 8.20. The molecule has 0 spiro atoms. The molecule has 2 aromatic heterocycles. The van der Waals surface area contributed by atoms with Crippen LogP contribution in [-0.4, -0.2) is 41.6 Å². The summed E-state index contributed by atoms with van der Waals surface area (Å²) in [7, 11) is 0. The van der Waals surface area contributed by atoms with Crippen molar-refractivity contribution < 1.29 is 10.2 Å². The van der Waals surface area contributed by atoms with E-state index in [0.717, 1.165) is 17.8 Å². The molecule has 0 aliphatic carbocycles. The van der Waals surface area contributed by atoms with Crippen molar-refractivity contribution in [2.75, 3.05) is 6.54 Å². The van der Waals surface area contributed by atoms with Gasteiger partial charge < -0.3 is 15.2 Å². The molecule has 0 saturated carbocycles. The second-order valence-corrected chi connectivity index (χ2v) is 6.29. The van der Waals surface area contributed by atoms with Crippen molar-refractivity contribution >= 4 is 0 Å². The lowest BCUT2D eigenvalue weighted by atomic mass is 10.1. The van der Waals surface area contributed by atoms with Gasteiger partial charge in [0, 0.05) is 44.5 Å². The van der Waals surface area contributed by atoms with E-state index in [1.54, 1.807) is 24.5 Å². The number of phenols is 2. The number of nitrogens with zero attached hydrogens (tertiary/aromatic N) is 4. The smallest absolute Gasteiger partial charge is 0.255 e. The summed E-state index contributed by atoms with van der Waals surface area (Å²) in [5, 5.41) is 19.2. The number of aromatic hydroxyl groups is 2. The molecule has 3 N–H and O–H groups in total. The molecule has 132 valence electrons. The lowest BCUT2D eigenvalue weighted by Crippen LogP contribution is -2.35. The van der Waals surface area contributed by atoms with Crippen LogP contribution in [0.25, 0.3) is 11.4 Å². The summed E-state index contributed by atoms with van der Waals surface area (Å²) in [6.45, 7) is 1.71. The molecule has 0 saturated heterocycles. The number of hydrogen-bond donors (Lipinski definition) is 3. The third kappa shape index (κ3) is 3.27. The number of H-pyrrole nitrogens is 1. The summed E-state index contributed by atoms with van der Waals surface area (Å²) >= 11 is 0. The van der Waals surface area contributed by atoms with Crippen LogP contribution in [0.5, 0.6) is 11.5 Å². The first-order chi connectivity index (χ1) is 12.6. The Morgan fingerprint density at radius 1 is 1.12 bits per heavy atom. The molecular formula is C18H17N5O3. The van der Waals surface area contributed by atoms with Gasteiger partial charge in [-0.15, -0.1) is 0 Å². The lowest BCUT2D eigenvalue weighted by Gasteiger charge is -2.27. The van der Waals surface area contributed by atoms with E-state index in [9.17, 15) is 15.0 Å². The topological polar surface area (TPSA) is 115 Å². The van der Waals surface area contributed by atoms with Gasteiger partial charge in [0.1, 0.15) is 23.7 Å². The van der Waals surface area contributed by atoms with Crippen molar-refractivity contribution in [2.45, 2.75) is 19.5 Å². The van der Waals surface area contributed by atoms with Crippen molar-refractivity contribution in [2.24, 2.45) is 0 Å². The van der Waals surface area contributed by atoms with E-state index in [0.29, 0.717) is 36.5 Å². The maximum atomic E-state index is 12.5. The zero-order valence-corrected chi connectivity index (χ0v) is 13.9. The zero-order chi connectivity index (χ0) is 18.1. The molecule has 0 atom stereocenters. The van der Waals surface area contributed by atoms with Gasteiger partial charge in [-0.1, -0.05) is 0 Å². The quantitative estimate of drug-likeness (QED) is 0.649. The fourth-order valence-electron chi connectivity index (χ4n) is 3.18. The van der Waals surface area contributed by atoms with E-state index in [1.165, 1.54) is 12.4 Å². The van der Waals surface area contributed by atoms with Crippen LogP contribution < -0.4 is 5.56 Å². The monoisotopic (exact) mass is 351 g/mol. The van der Waals surface area contributed by atoms with Crippen molar-refractivity contribution in [3.05, 3.63) is 64.1 Å². The van der Waals surface area contributed by atoms with Crippen molar-refractivity contribution in [1.29, 1.82) is 0 Å². The minimum absolute atomic E-state index is 0.0200. The standard InChI is InChI=1S/C18H17N5O3/c24-13-3-11(4-14(25)5-13)8-23-2-1-16-15(9-23)18(26)22-17(21-16)12-6-19-10-20-7-12/h3-7,10,24-25H,1-2,8-9H2,(H,21,22,26). The predicted octanol–water partition coefficient (Wildman–Crippen LogP) is 1.20. The summed E-state index contributed by atoms with van der Waals surface area (Å²) in [5.74, 6) is 0.513. The summed E-state index contributed by atoms with van der Waals surface area (Å²) in [4.78, 5) is 29.9. The Balaban J connectivity index is 1.58. The van der Waals surface area contributed by atoms with E-state index in [4.69, 9.17) is 0 Å². The highest BCUT2D eigenvalue weighted by Gasteiger charge is 2.22. The molecule has 8 heteroatoms. The molecule has 0 bridgehead atoms. The van der Waals surface area contributed by atoms with Gasteiger partial charge >= 0.3 is 0 Å². The molecule has 0 unspecified atom stereocenters. The Hall–Kier alpha value is -3.26. The fraction of sp³-hybridized carbons (Fsp3) is 0.222. The van der Waals surface area contributed by atoms with E-state index in [-0.39, 0.29) is 17.1 Å². The number of fused-ring (bicyclic) bond motifs is 1. The molecular weight excluding hydrogens is 334 g/mol. The van der Waals surface area contributed by atoms with Crippen LogP contribution >= 0.6 is 0 Å². The molecule has 0 amide bonds. The van der Waals surface area contributed by atoms with Gasteiger partial charge in [-0.3, -0.25) is 9.69 Å². The molecule has 3 aromatic rings. The maximum absolute atomic E-state index is 12.5. The highest BCUT2D eigenvalue weighted by atomic mass is 16.3. The van der Waals surface area contributed by atoms with Crippen LogP contribution in [0.4, 0.5) is 0 Å². The molecule has 4 rings (SSSR count). The van der Waals surface area contributed by atoms with E-state index >= 15 is 0 Å². The number of hydrogen-bond acceptors (Lipinski definition) is 7. The number of phenolic OH excluding ortho intramolecular Hbond substituents is 2. The largest absolute Gasteiger partial charge is 0.508 e. The second kappa shape index (κ2) is 6.57. The number of nitrogens with one attached hydrogen (secondary N) is 1. The molecule has 1 aliphatic rings. The number of benzene rings is 1. The first kappa shape index (κ1) is 16.2. The second-order valence-electron chi connectivity index (χ2n) is 6.29. The normalized spacial score (nSPS) is 14.2. The van der Waals surface area contributed by atoms with Gasteiger partial charge in [-0.2, -0.15) is 0 Å². The van der Waals surface area contributed by atoms with Gasteiger partial charge in [0.15, 0.2) is 0 Å². The van der Waals surface area contributed by atoms with Gasteiger partial charge in [-0.05, 0) is 17.7 Å². The Morgan fingerprint density at radius 3 is 2.58 bits per heavy atom. The number of aromatic amines is 1. The van der Waals surface area contributed by atoms with Crippen LogP contribution in [-0.2, 0) is 19.5 Å². The zero-order valence-electron chi connectivity index (χ0n) is 13.9. The lowest BCUT2D eigenvalue weighted by molar-refractivity contribution is 0.241. The van der Waals surface area contributed by atoms with Crippen LogP contribution in [0.3, 0.4) is 0 Å². The summed E-state index contributed by atoms with van der Waals surface area (Å²) in [6.07, 6.45) is 5.30. The van der Waals surface area contributed by atoms with Gasteiger partial charge in [-0.25, -0.2) is 15.0 Å². The molecule has 3 heterocycles. The van der Waals surface area contributed by atoms with Gasteiger partial charge in [0.2, 0.25) is 0 Å². The van der Waals surface area contributed by atoms with Gasteiger partial charge in [0.25, 0.3) is 5.56 Å². The molecule has 26 heavy (non-hydrogen) atoms. The molecule has 0 radical (unpaired) electrons. The Bertz CT molecular complexity index is 983. The minimum atomic E-state index is -0.169. The highest BCUT2D eigenvalue weighted by molar-refractivity contribution is 5.52.